The van der Waals surface area contributed by atoms with Crippen molar-refractivity contribution >= 4 is 5.91 Å². The van der Waals surface area contributed by atoms with Crippen molar-refractivity contribution in [1.29, 1.82) is 0 Å². The Labute approximate surface area is 179 Å². The fourth-order valence-corrected chi connectivity index (χ4v) is 3.06. The van der Waals surface area contributed by atoms with Crippen LogP contribution >= 0.6 is 0 Å². The highest BCUT2D eigenvalue weighted by Crippen LogP contribution is 2.20. The predicted molar refractivity (Wildman–Crippen MR) is 119 cm³/mol. The average Bonchev–Trinajstić information content (AvgIpc) is 2.79. The van der Waals surface area contributed by atoms with Crippen LogP contribution in [0.3, 0.4) is 0 Å². The molecular formula is C26H29NO3. The van der Waals surface area contributed by atoms with E-state index in [0.29, 0.717) is 25.4 Å². The molecule has 0 saturated carbocycles. The summed E-state index contributed by atoms with van der Waals surface area (Å²) in [6, 6.07) is 27.5. The Hall–Kier alpha value is -3.27. The zero-order valence-corrected chi connectivity index (χ0v) is 17.5. The number of nitrogens with zero attached hydrogens (tertiary/aromatic N) is 1. The number of benzene rings is 3. The van der Waals surface area contributed by atoms with Crippen molar-refractivity contribution in [3.63, 3.8) is 0 Å². The van der Waals surface area contributed by atoms with Crippen molar-refractivity contribution < 1.29 is 14.3 Å². The van der Waals surface area contributed by atoms with Gasteiger partial charge in [0.15, 0.2) is 6.61 Å². The van der Waals surface area contributed by atoms with Gasteiger partial charge in [-0.15, -0.1) is 0 Å². The normalized spacial score (nSPS) is 10.4. The highest BCUT2D eigenvalue weighted by atomic mass is 16.5. The van der Waals surface area contributed by atoms with Crippen molar-refractivity contribution in [3.8, 4) is 11.5 Å². The molecule has 0 N–H and O–H groups in total. The largest absolute Gasteiger partial charge is 0.493 e. The van der Waals surface area contributed by atoms with Crippen LogP contribution in [-0.2, 0) is 17.9 Å². The van der Waals surface area contributed by atoms with Gasteiger partial charge in [-0.2, -0.15) is 0 Å². The third-order valence-corrected chi connectivity index (χ3v) is 4.72. The summed E-state index contributed by atoms with van der Waals surface area (Å²) in [6.07, 6.45) is 2.10. The van der Waals surface area contributed by atoms with Gasteiger partial charge < -0.3 is 14.4 Å². The first kappa shape index (κ1) is 21.4. The van der Waals surface area contributed by atoms with Gasteiger partial charge >= 0.3 is 0 Å². The summed E-state index contributed by atoms with van der Waals surface area (Å²) in [6.45, 7) is 3.88. The first-order chi connectivity index (χ1) is 14.7. The van der Waals surface area contributed by atoms with E-state index in [-0.39, 0.29) is 12.5 Å². The first-order valence-corrected chi connectivity index (χ1v) is 10.5. The molecule has 3 aromatic carbocycles. The van der Waals surface area contributed by atoms with E-state index in [1.165, 1.54) is 0 Å². The molecule has 0 spiro atoms. The summed E-state index contributed by atoms with van der Waals surface area (Å²) < 4.78 is 11.5. The summed E-state index contributed by atoms with van der Waals surface area (Å²) >= 11 is 0. The van der Waals surface area contributed by atoms with E-state index in [1.54, 1.807) is 0 Å². The second-order valence-electron chi connectivity index (χ2n) is 7.19. The Kier molecular flexibility index (Phi) is 8.34. The minimum Gasteiger partial charge on any atom is -0.493 e. The summed E-state index contributed by atoms with van der Waals surface area (Å²) in [5.41, 5.74) is 2.18. The molecule has 4 nitrogen and oxygen atoms in total. The van der Waals surface area contributed by atoms with Gasteiger partial charge in [-0.05, 0) is 29.7 Å². The SMILES string of the molecule is CCCCOc1cccc(OCC(=O)N(Cc2ccccc2)Cc2ccccc2)c1. The molecule has 0 saturated heterocycles. The second-order valence-corrected chi connectivity index (χ2v) is 7.19. The predicted octanol–water partition coefficient (Wildman–Crippen LogP) is 5.47. The maximum Gasteiger partial charge on any atom is 0.261 e. The number of rotatable bonds is 11. The molecule has 1 amide bonds. The number of hydrogen-bond acceptors (Lipinski definition) is 3. The molecule has 3 aromatic rings. The zero-order valence-electron chi connectivity index (χ0n) is 17.5. The molecule has 0 aliphatic rings. The fourth-order valence-electron chi connectivity index (χ4n) is 3.06. The van der Waals surface area contributed by atoms with Crippen LogP contribution in [0.1, 0.15) is 30.9 Å². The Morgan fingerprint density at radius 2 is 1.33 bits per heavy atom. The minimum atomic E-state index is -0.0555. The lowest BCUT2D eigenvalue weighted by molar-refractivity contribution is -0.134. The van der Waals surface area contributed by atoms with Gasteiger partial charge in [0.1, 0.15) is 11.5 Å². The van der Waals surface area contributed by atoms with Crippen LogP contribution in [0.25, 0.3) is 0 Å². The minimum absolute atomic E-state index is 0.0158. The van der Waals surface area contributed by atoms with Gasteiger partial charge in [0.25, 0.3) is 5.91 Å². The number of unbranched alkanes of at least 4 members (excludes halogenated alkanes) is 1. The number of carbonyl (C=O) groups excluding carboxylic acids is 1. The van der Waals surface area contributed by atoms with Crippen molar-refractivity contribution in [2.75, 3.05) is 13.2 Å². The molecule has 0 atom stereocenters. The third kappa shape index (κ3) is 6.96. The van der Waals surface area contributed by atoms with Crippen LogP contribution < -0.4 is 9.47 Å². The smallest absolute Gasteiger partial charge is 0.261 e. The molecule has 0 unspecified atom stereocenters. The molecular weight excluding hydrogens is 374 g/mol. The molecule has 3 rings (SSSR count). The first-order valence-electron chi connectivity index (χ1n) is 10.5. The molecule has 0 bridgehead atoms. The van der Waals surface area contributed by atoms with Crippen molar-refractivity contribution in [2.24, 2.45) is 0 Å². The van der Waals surface area contributed by atoms with E-state index in [9.17, 15) is 4.79 Å². The fraction of sp³-hybridized carbons (Fsp3) is 0.269. The van der Waals surface area contributed by atoms with E-state index in [2.05, 4.69) is 6.92 Å². The number of ether oxygens (including phenoxy) is 2. The molecule has 0 heterocycles. The topological polar surface area (TPSA) is 38.8 Å². The highest BCUT2D eigenvalue weighted by molar-refractivity contribution is 5.77. The highest BCUT2D eigenvalue weighted by Gasteiger charge is 2.15. The third-order valence-electron chi connectivity index (χ3n) is 4.72. The average molecular weight is 404 g/mol. The van der Waals surface area contributed by atoms with Crippen molar-refractivity contribution in [3.05, 3.63) is 96.1 Å². The Morgan fingerprint density at radius 1 is 0.767 bits per heavy atom. The van der Waals surface area contributed by atoms with Gasteiger partial charge in [-0.1, -0.05) is 80.1 Å². The van der Waals surface area contributed by atoms with Crippen LogP contribution in [0.15, 0.2) is 84.9 Å². The van der Waals surface area contributed by atoms with E-state index in [1.807, 2.05) is 89.8 Å². The Balaban J connectivity index is 1.63. The van der Waals surface area contributed by atoms with Crippen molar-refractivity contribution in [1.82, 2.24) is 4.90 Å². The maximum atomic E-state index is 13.0. The molecule has 0 radical (unpaired) electrons. The molecule has 156 valence electrons. The number of carbonyl (C=O) groups is 1. The monoisotopic (exact) mass is 403 g/mol. The van der Waals surface area contributed by atoms with Gasteiger partial charge in [-0.25, -0.2) is 0 Å². The van der Waals surface area contributed by atoms with Crippen LogP contribution in [0, 0.1) is 0 Å². The summed E-state index contributed by atoms with van der Waals surface area (Å²) in [5, 5.41) is 0. The van der Waals surface area contributed by atoms with E-state index < -0.39 is 0 Å². The van der Waals surface area contributed by atoms with E-state index >= 15 is 0 Å². The second kappa shape index (κ2) is 11.7. The van der Waals surface area contributed by atoms with Crippen LogP contribution in [-0.4, -0.2) is 24.0 Å². The van der Waals surface area contributed by atoms with Crippen LogP contribution in [0.4, 0.5) is 0 Å². The quantitative estimate of drug-likeness (QED) is 0.398. The lowest BCUT2D eigenvalue weighted by Crippen LogP contribution is -2.34. The molecule has 0 aliphatic carbocycles. The standard InChI is InChI=1S/C26H29NO3/c1-2-3-17-29-24-15-10-16-25(18-24)30-21-26(28)27(19-22-11-6-4-7-12-22)20-23-13-8-5-9-14-23/h4-16,18H,2-3,17,19-21H2,1H3. The summed E-state index contributed by atoms with van der Waals surface area (Å²) in [4.78, 5) is 14.8. The van der Waals surface area contributed by atoms with E-state index in [4.69, 9.17) is 9.47 Å². The maximum absolute atomic E-state index is 13.0. The molecule has 4 heteroatoms. The number of amides is 1. The Bertz CT molecular complexity index is 855. The van der Waals surface area contributed by atoms with Gasteiger partial charge in [0, 0.05) is 19.2 Å². The Morgan fingerprint density at radius 3 is 1.90 bits per heavy atom. The summed E-state index contributed by atoms with van der Waals surface area (Å²) in [7, 11) is 0. The lowest BCUT2D eigenvalue weighted by atomic mass is 10.1. The summed E-state index contributed by atoms with van der Waals surface area (Å²) in [5.74, 6) is 1.34. The van der Waals surface area contributed by atoms with Gasteiger partial charge in [0.2, 0.25) is 0 Å². The number of hydrogen-bond donors (Lipinski definition) is 0. The zero-order chi connectivity index (χ0) is 21.0. The molecule has 0 aromatic heterocycles. The van der Waals surface area contributed by atoms with Gasteiger partial charge in [-0.3, -0.25) is 4.79 Å². The van der Waals surface area contributed by atoms with Gasteiger partial charge in [0.05, 0.1) is 6.61 Å². The lowest BCUT2D eigenvalue weighted by Gasteiger charge is -2.23. The molecule has 0 fully saturated rings. The van der Waals surface area contributed by atoms with Crippen molar-refractivity contribution in [2.45, 2.75) is 32.9 Å². The molecule has 30 heavy (non-hydrogen) atoms. The van der Waals surface area contributed by atoms with Crippen LogP contribution in [0.5, 0.6) is 11.5 Å². The van der Waals surface area contributed by atoms with E-state index in [0.717, 1.165) is 29.7 Å². The molecule has 0 aliphatic heterocycles. The van der Waals surface area contributed by atoms with Crippen LogP contribution in [0.2, 0.25) is 0 Å².